The molecule has 3 rings (SSSR count). The van der Waals surface area contributed by atoms with Gasteiger partial charge in [-0.1, -0.05) is 51.0 Å². The van der Waals surface area contributed by atoms with E-state index in [2.05, 4.69) is 31.5 Å². The number of nitrogens with one attached hydrogen (secondary N) is 2. The fourth-order valence-corrected chi connectivity index (χ4v) is 4.38. The molecule has 0 spiro atoms. The topological polar surface area (TPSA) is 90.9 Å². The Morgan fingerprint density at radius 1 is 1.15 bits per heavy atom. The van der Waals surface area contributed by atoms with Crippen molar-refractivity contribution < 1.29 is 19.3 Å². The van der Waals surface area contributed by atoms with Crippen LogP contribution < -0.4 is 16.2 Å². The largest absolute Gasteiger partial charge is 0.493 e. The summed E-state index contributed by atoms with van der Waals surface area (Å²) in [5.41, 5.74) is 6.76. The molecule has 0 aromatic heterocycles. The third-order valence-electron chi connectivity index (χ3n) is 5.88. The van der Waals surface area contributed by atoms with Crippen LogP contribution in [0.25, 0.3) is 0 Å². The van der Waals surface area contributed by atoms with E-state index in [1.165, 1.54) is 5.01 Å². The van der Waals surface area contributed by atoms with E-state index < -0.39 is 7.12 Å². The van der Waals surface area contributed by atoms with Gasteiger partial charge in [-0.2, -0.15) is 0 Å². The quantitative estimate of drug-likeness (QED) is 0.491. The summed E-state index contributed by atoms with van der Waals surface area (Å²) >= 11 is 0. The third-order valence-corrected chi connectivity index (χ3v) is 5.88. The van der Waals surface area contributed by atoms with Crippen LogP contribution in [0.15, 0.2) is 36.4 Å². The first-order valence-corrected chi connectivity index (χ1v) is 11.4. The molecule has 7 nitrogen and oxygen atoms in total. The van der Waals surface area contributed by atoms with Crippen molar-refractivity contribution in [3.8, 4) is 0 Å². The minimum Gasteiger partial charge on any atom is -0.423 e. The molecule has 0 saturated heterocycles. The zero-order chi connectivity index (χ0) is 24.3. The van der Waals surface area contributed by atoms with E-state index in [4.69, 9.17) is 4.65 Å². The second-order valence-electron chi connectivity index (χ2n) is 9.73. The summed E-state index contributed by atoms with van der Waals surface area (Å²) in [5.74, 6) is -0.631. The maximum atomic E-state index is 13.6. The van der Waals surface area contributed by atoms with Crippen LogP contribution >= 0.6 is 0 Å². The lowest BCUT2D eigenvalue weighted by molar-refractivity contribution is 0.0285. The first-order valence-electron chi connectivity index (χ1n) is 11.4. The number of hydrogen-bond acceptors (Lipinski definition) is 5. The highest BCUT2D eigenvalue weighted by Crippen LogP contribution is 2.28. The van der Waals surface area contributed by atoms with Crippen molar-refractivity contribution in [1.29, 1.82) is 0 Å². The fraction of sp³-hybridized carbons (Fsp3) is 0.440. The number of anilines is 1. The molecular weight excluding hydrogens is 417 g/mol. The Morgan fingerprint density at radius 2 is 1.82 bits per heavy atom. The van der Waals surface area contributed by atoms with Gasteiger partial charge < -0.3 is 15.0 Å². The number of carbonyl (C=O) groups is 2. The van der Waals surface area contributed by atoms with Crippen molar-refractivity contribution in [2.24, 2.45) is 5.41 Å². The van der Waals surface area contributed by atoms with Gasteiger partial charge in [0.05, 0.1) is 6.04 Å². The van der Waals surface area contributed by atoms with Gasteiger partial charge in [-0.25, -0.2) is 5.01 Å². The number of carbonyl (C=O) groups excluding carboxylic acids is 2. The average molecular weight is 451 g/mol. The maximum absolute atomic E-state index is 13.6. The molecule has 8 heteroatoms. The highest BCUT2D eigenvalue weighted by Gasteiger charge is 2.34. The normalized spacial score (nSPS) is 14.6. The smallest absolute Gasteiger partial charge is 0.423 e. The van der Waals surface area contributed by atoms with Gasteiger partial charge in [0.15, 0.2) is 0 Å². The first-order chi connectivity index (χ1) is 15.5. The molecule has 0 fully saturated rings. The summed E-state index contributed by atoms with van der Waals surface area (Å²) in [6.45, 7) is 13.0. The van der Waals surface area contributed by atoms with Crippen LogP contribution in [0.1, 0.15) is 66.0 Å². The van der Waals surface area contributed by atoms with Gasteiger partial charge in [0.1, 0.15) is 0 Å². The van der Waals surface area contributed by atoms with E-state index >= 15 is 0 Å². The fourth-order valence-electron chi connectivity index (χ4n) is 4.38. The van der Waals surface area contributed by atoms with Crippen molar-refractivity contribution in [2.75, 3.05) is 18.5 Å². The summed E-state index contributed by atoms with van der Waals surface area (Å²) in [4.78, 5) is 26.9. The molecule has 176 valence electrons. The molecule has 1 aliphatic heterocycles. The standard InChI is InChI=1S/C25H34BN3O4/c1-7-22(25(4,5)6)29(24(31)19-13-16(2)12-17(3)14-19)28-23(30)18-8-9-20-21(15-18)27-10-11-33-26(20)32/h8-9,12-15,22,27,32H,7,10-11H2,1-6H3,(H,28,30)/t22-/m1/s1. The molecule has 33 heavy (non-hydrogen) atoms. The van der Waals surface area contributed by atoms with Crippen LogP contribution in [0, 0.1) is 19.3 Å². The predicted octanol–water partition coefficient (Wildman–Crippen LogP) is 3.04. The van der Waals surface area contributed by atoms with Crippen LogP contribution in [0.4, 0.5) is 5.69 Å². The van der Waals surface area contributed by atoms with Gasteiger partial charge in [-0.15, -0.1) is 0 Å². The average Bonchev–Trinajstić information content (AvgIpc) is 2.92. The van der Waals surface area contributed by atoms with E-state index in [0.717, 1.165) is 11.1 Å². The number of benzene rings is 2. The van der Waals surface area contributed by atoms with Crippen LogP contribution in [0.2, 0.25) is 0 Å². The van der Waals surface area contributed by atoms with Gasteiger partial charge >= 0.3 is 7.12 Å². The summed E-state index contributed by atoms with van der Waals surface area (Å²) in [6, 6.07) is 10.5. The summed E-state index contributed by atoms with van der Waals surface area (Å²) in [5, 5.41) is 14.8. The number of nitrogens with zero attached hydrogens (tertiary/aromatic N) is 1. The van der Waals surface area contributed by atoms with Gasteiger partial charge in [-0.05, 0) is 49.9 Å². The molecule has 3 N–H and O–H groups in total. The Morgan fingerprint density at radius 3 is 2.42 bits per heavy atom. The molecule has 0 radical (unpaired) electrons. The summed E-state index contributed by atoms with van der Waals surface area (Å²) in [7, 11) is -1.04. The van der Waals surface area contributed by atoms with Gasteiger partial charge in [0.25, 0.3) is 11.8 Å². The van der Waals surface area contributed by atoms with E-state index in [-0.39, 0.29) is 23.3 Å². The van der Waals surface area contributed by atoms with Crippen LogP contribution in [-0.2, 0) is 4.65 Å². The molecule has 2 amide bonds. The van der Waals surface area contributed by atoms with E-state index in [0.29, 0.717) is 41.8 Å². The highest BCUT2D eigenvalue weighted by molar-refractivity contribution is 6.62. The zero-order valence-electron chi connectivity index (χ0n) is 20.4. The first kappa shape index (κ1) is 24.8. The summed E-state index contributed by atoms with van der Waals surface area (Å²) in [6.07, 6.45) is 0.676. The number of fused-ring (bicyclic) bond motifs is 1. The Labute approximate surface area is 196 Å². The Hall–Kier alpha value is -2.84. The van der Waals surface area contributed by atoms with Gasteiger partial charge in [0.2, 0.25) is 0 Å². The lowest BCUT2D eigenvalue weighted by Gasteiger charge is -2.39. The number of rotatable bonds is 4. The maximum Gasteiger partial charge on any atom is 0.493 e. The molecule has 0 saturated carbocycles. The minimum atomic E-state index is -1.04. The zero-order valence-corrected chi connectivity index (χ0v) is 20.4. The van der Waals surface area contributed by atoms with E-state index in [1.807, 2.05) is 39.0 Å². The molecule has 2 aromatic rings. The number of aryl methyl sites for hydroxylation is 2. The van der Waals surface area contributed by atoms with Crippen LogP contribution in [0.5, 0.6) is 0 Å². The van der Waals surface area contributed by atoms with Crippen molar-refractivity contribution in [3.63, 3.8) is 0 Å². The molecule has 1 aliphatic rings. The SMILES string of the molecule is CC[C@@H](N(NC(=O)c1ccc2c(c1)NCCOB2O)C(=O)c1cc(C)cc(C)c1)C(C)(C)C. The predicted molar refractivity (Wildman–Crippen MR) is 132 cm³/mol. The van der Waals surface area contributed by atoms with Gasteiger partial charge in [-0.3, -0.25) is 15.0 Å². The number of amides is 2. The Bertz CT molecular complexity index is 1010. The van der Waals surface area contributed by atoms with Crippen LogP contribution in [-0.4, -0.2) is 48.2 Å². The molecule has 1 heterocycles. The minimum absolute atomic E-state index is 0.219. The lowest BCUT2D eigenvalue weighted by Crippen LogP contribution is -2.56. The van der Waals surface area contributed by atoms with Crippen LogP contribution in [0.3, 0.4) is 0 Å². The third kappa shape index (κ3) is 5.75. The molecule has 0 bridgehead atoms. The Balaban J connectivity index is 1.95. The second kappa shape index (κ2) is 9.97. The molecule has 0 unspecified atom stereocenters. The second-order valence-corrected chi connectivity index (χ2v) is 9.73. The van der Waals surface area contributed by atoms with Gasteiger partial charge in [0, 0.05) is 35.4 Å². The van der Waals surface area contributed by atoms with E-state index in [9.17, 15) is 14.6 Å². The molecule has 0 aliphatic carbocycles. The van der Waals surface area contributed by atoms with Crippen molar-refractivity contribution in [1.82, 2.24) is 10.4 Å². The number of hydrazine groups is 1. The monoisotopic (exact) mass is 451 g/mol. The molecule has 1 atom stereocenters. The lowest BCUT2D eigenvalue weighted by atomic mass is 9.78. The number of hydrogen-bond donors (Lipinski definition) is 3. The van der Waals surface area contributed by atoms with E-state index in [1.54, 1.807) is 18.2 Å². The highest BCUT2D eigenvalue weighted by atomic mass is 16.5. The molecule has 2 aromatic carbocycles. The summed E-state index contributed by atoms with van der Waals surface area (Å²) < 4.78 is 5.32. The Kier molecular flexibility index (Phi) is 7.49. The van der Waals surface area contributed by atoms with Crippen molar-refractivity contribution in [2.45, 2.75) is 54.0 Å². The van der Waals surface area contributed by atoms with Crippen molar-refractivity contribution in [3.05, 3.63) is 58.7 Å². The molecular formula is C25H34BN3O4. The van der Waals surface area contributed by atoms with Crippen molar-refractivity contribution >= 4 is 30.1 Å².